The second-order valence-corrected chi connectivity index (χ2v) is 6.02. The predicted octanol–water partition coefficient (Wildman–Crippen LogP) is 3.37. The first-order chi connectivity index (χ1) is 8.62. The fourth-order valence-electron chi connectivity index (χ4n) is 1.70. The lowest BCUT2D eigenvalue weighted by atomic mass is 10.1. The molecule has 0 aliphatic carbocycles. The molecule has 0 aromatic heterocycles. The SMILES string of the molecule is COc1cc(SCCF)c(SC)cc1CC(C)N. The highest BCUT2D eigenvalue weighted by molar-refractivity contribution is 8.02. The Bertz CT molecular complexity index is 385. The summed E-state index contributed by atoms with van der Waals surface area (Å²) in [6.45, 7) is 1.66. The van der Waals surface area contributed by atoms with Crippen LogP contribution in [0.2, 0.25) is 0 Å². The van der Waals surface area contributed by atoms with Gasteiger partial charge in [-0.25, -0.2) is 0 Å². The van der Waals surface area contributed by atoms with Gasteiger partial charge in [-0.15, -0.1) is 23.5 Å². The molecule has 1 aromatic carbocycles. The van der Waals surface area contributed by atoms with Gasteiger partial charge in [-0.1, -0.05) is 0 Å². The first-order valence-electron chi connectivity index (χ1n) is 5.81. The van der Waals surface area contributed by atoms with E-state index in [0.717, 1.165) is 27.5 Å². The fraction of sp³-hybridized carbons (Fsp3) is 0.538. The first kappa shape index (κ1) is 15.7. The summed E-state index contributed by atoms with van der Waals surface area (Å²) in [5, 5.41) is 0. The number of benzene rings is 1. The number of nitrogens with two attached hydrogens (primary N) is 1. The maximum Gasteiger partial charge on any atom is 0.123 e. The summed E-state index contributed by atoms with van der Waals surface area (Å²) in [7, 11) is 1.66. The van der Waals surface area contributed by atoms with E-state index in [1.54, 1.807) is 18.9 Å². The van der Waals surface area contributed by atoms with Crippen molar-refractivity contribution >= 4 is 23.5 Å². The molecule has 0 radical (unpaired) electrons. The Morgan fingerprint density at radius 3 is 2.61 bits per heavy atom. The molecule has 0 spiro atoms. The maximum atomic E-state index is 12.3. The van der Waals surface area contributed by atoms with Crippen molar-refractivity contribution in [2.75, 3.05) is 25.8 Å². The number of ether oxygens (including phenoxy) is 1. The third kappa shape index (κ3) is 4.37. The lowest BCUT2D eigenvalue weighted by molar-refractivity contribution is 0.406. The summed E-state index contributed by atoms with van der Waals surface area (Å²) < 4.78 is 17.7. The van der Waals surface area contributed by atoms with Crippen LogP contribution in [0.1, 0.15) is 12.5 Å². The van der Waals surface area contributed by atoms with Gasteiger partial charge in [0.1, 0.15) is 5.75 Å². The molecule has 1 aromatic rings. The molecule has 0 amide bonds. The van der Waals surface area contributed by atoms with Crippen LogP contribution in [0.4, 0.5) is 4.39 Å². The maximum absolute atomic E-state index is 12.3. The molecule has 1 atom stereocenters. The molecular formula is C13H20FNOS2. The second-order valence-electron chi connectivity index (χ2n) is 4.03. The van der Waals surface area contributed by atoms with Crippen molar-refractivity contribution in [2.24, 2.45) is 5.73 Å². The molecule has 18 heavy (non-hydrogen) atoms. The van der Waals surface area contributed by atoms with Crippen LogP contribution >= 0.6 is 23.5 Å². The molecule has 0 saturated carbocycles. The number of rotatable bonds is 7. The fourth-order valence-corrected chi connectivity index (χ4v) is 3.34. The van der Waals surface area contributed by atoms with Gasteiger partial charge in [0.2, 0.25) is 0 Å². The Labute approximate surface area is 117 Å². The van der Waals surface area contributed by atoms with E-state index in [4.69, 9.17) is 10.5 Å². The molecule has 0 bridgehead atoms. The number of thioether (sulfide) groups is 2. The monoisotopic (exact) mass is 289 g/mol. The van der Waals surface area contributed by atoms with E-state index >= 15 is 0 Å². The van der Waals surface area contributed by atoms with Crippen LogP contribution in [0.15, 0.2) is 21.9 Å². The van der Waals surface area contributed by atoms with Crippen molar-refractivity contribution in [3.63, 3.8) is 0 Å². The number of hydrogen-bond acceptors (Lipinski definition) is 4. The summed E-state index contributed by atoms with van der Waals surface area (Å²) in [4.78, 5) is 2.23. The van der Waals surface area contributed by atoms with Gasteiger partial charge in [-0.05, 0) is 37.3 Å². The van der Waals surface area contributed by atoms with Crippen molar-refractivity contribution in [3.8, 4) is 5.75 Å². The molecular weight excluding hydrogens is 269 g/mol. The van der Waals surface area contributed by atoms with Crippen LogP contribution in [-0.4, -0.2) is 31.8 Å². The van der Waals surface area contributed by atoms with Gasteiger partial charge in [-0.3, -0.25) is 4.39 Å². The molecule has 0 aliphatic rings. The van der Waals surface area contributed by atoms with Crippen LogP contribution < -0.4 is 10.5 Å². The van der Waals surface area contributed by atoms with Gasteiger partial charge < -0.3 is 10.5 Å². The van der Waals surface area contributed by atoms with Crippen LogP contribution in [0.25, 0.3) is 0 Å². The average molecular weight is 289 g/mol. The summed E-state index contributed by atoms with van der Waals surface area (Å²) in [5.41, 5.74) is 6.95. The lowest BCUT2D eigenvalue weighted by Gasteiger charge is -2.15. The van der Waals surface area contributed by atoms with E-state index in [9.17, 15) is 4.39 Å². The van der Waals surface area contributed by atoms with Gasteiger partial charge in [0.25, 0.3) is 0 Å². The molecule has 2 nitrogen and oxygen atoms in total. The molecule has 5 heteroatoms. The van der Waals surface area contributed by atoms with Gasteiger partial charge in [0, 0.05) is 21.6 Å². The number of halogens is 1. The topological polar surface area (TPSA) is 35.2 Å². The highest BCUT2D eigenvalue weighted by atomic mass is 32.2. The zero-order valence-electron chi connectivity index (χ0n) is 11.0. The zero-order valence-corrected chi connectivity index (χ0v) is 12.7. The number of methoxy groups -OCH3 is 1. The Morgan fingerprint density at radius 2 is 2.11 bits per heavy atom. The van der Waals surface area contributed by atoms with Gasteiger partial charge in [0.15, 0.2) is 0 Å². The van der Waals surface area contributed by atoms with E-state index in [0.29, 0.717) is 5.75 Å². The molecule has 1 unspecified atom stereocenters. The molecule has 102 valence electrons. The summed E-state index contributed by atoms with van der Waals surface area (Å²) in [6, 6.07) is 4.19. The average Bonchev–Trinajstić information content (AvgIpc) is 2.35. The summed E-state index contributed by atoms with van der Waals surface area (Å²) >= 11 is 3.19. The normalized spacial score (nSPS) is 12.5. The Hall–Kier alpha value is -0.390. The highest BCUT2D eigenvalue weighted by Crippen LogP contribution is 2.35. The van der Waals surface area contributed by atoms with E-state index in [2.05, 4.69) is 6.07 Å². The minimum atomic E-state index is -0.317. The minimum absolute atomic E-state index is 0.0953. The van der Waals surface area contributed by atoms with Crippen molar-refractivity contribution in [3.05, 3.63) is 17.7 Å². The van der Waals surface area contributed by atoms with Gasteiger partial charge in [0.05, 0.1) is 13.8 Å². The van der Waals surface area contributed by atoms with Crippen LogP contribution in [0.5, 0.6) is 5.75 Å². The number of alkyl halides is 1. The standard InChI is InChI=1S/C13H20FNOS2/c1-9(15)6-10-7-12(17-3)13(18-5-4-14)8-11(10)16-2/h7-9H,4-6,15H2,1-3H3. The van der Waals surface area contributed by atoms with Gasteiger partial charge in [-0.2, -0.15) is 0 Å². The first-order valence-corrected chi connectivity index (χ1v) is 8.02. The molecule has 2 N–H and O–H groups in total. The van der Waals surface area contributed by atoms with Crippen molar-refractivity contribution in [2.45, 2.75) is 29.2 Å². The summed E-state index contributed by atoms with van der Waals surface area (Å²) in [5.74, 6) is 1.31. The molecule has 0 saturated heterocycles. The van der Waals surface area contributed by atoms with E-state index in [1.807, 2.05) is 19.2 Å². The smallest absolute Gasteiger partial charge is 0.123 e. The Kier molecular flexibility index (Phi) is 6.89. The third-order valence-electron chi connectivity index (χ3n) is 2.44. The van der Waals surface area contributed by atoms with E-state index in [-0.39, 0.29) is 12.7 Å². The molecule has 0 fully saturated rings. The highest BCUT2D eigenvalue weighted by Gasteiger charge is 2.12. The summed E-state index contributed by atoms with van der Waals surface area (Å²) in [6.07, 6.45) is 2.81. The van der Waals surface area contributed by atoms with Crippen LogP contribution in [0, 0.1) is 0 Å². The molecule has 1 rings (SSSR count). The Balaban J connectivity index is 3.06. The zero-order chi connectivity index (χ0) is 13.5. The van der Waals surface area contributed by atoms with Crippen LogP contribution in [0.3, 0.4) is 0 Å². The largest absolute Gasteiger partial charge is 0.496 e. The van der Waals surface area contributed by atoms with Crippen molar-refractivity contribution in [1.29, 1.82) is 0 Å². The van der Waals surface area contributed by atoms with Gasteiger partial charge >= 0.3 is 0 Å². The minimum Gasteiger partial charge on any atom is -0.496 e. The van der Waals surface area contributed by atoms with Crippen molar-refractivity contribution < 1.29 is 9.13 Å². The second kappa shape index (κ2) is 7.92. The quantitative estimate of drug-likeness (QED) is 0.781. The molecule has 0 aliphatic heterocycles. The lowest BCUT2D eigenvalue weighted by Crippen LogP contribution is -2.18. The van der Waals surface area contributed by atoms with Crippen molar-refractivity contribution in [1.82, 2.24) is 0 Å². The third-order valence-corrected chi connectivity index (χ3v) is 4.36. The Morgan fingerprint density at radius 1 is 1.39 bits per heavy atom. The predicted molar refractivity (Wildman–Crippen MR) is 78.8 cm³/mol. The van der Waals surface area contributed by atoms with E-state index < -0.39 is 0 Å². The van der Waals surface area contributed by atoms with Crippen LogP contribution in [-0.2, 0) is 6.42 Å². The molecule has 0 heterocycles. The van der Waals surface area contributed by atoms with E-state index in [1.165, 1.54) is 11.8 Å². The number of hydrogen-bond donors (Lipinski definition) is 1.